The average Bonchev–Trinajstić information content (AvgIpc) is 3.08. The van der Waals surface area contributed by atoms with Gasteiger partial charge in [-0.25, -0.2) is 0 Å². The standard InChI is InChI=1S/C22H27N3OS/c1-4-20(17-11-10-15(2)16(3)13-17)24-22(27)23-18-7-5-8-19(14-18)25-12-6-9-21(25)26/h5,7-8,10-11,13-14,20H,4,6,9,12H2,1-3H3,(H2,23,24,27)/t20-/m0/s1. The summed E-state index contributed by atoms with van der Waals surface area (Å²) < 4.78 is 0. The first-order valence-corrected chi connectivity index (χ1v) is 9.94. The Morgan fingerprint density at radius 1 is 1.19 bits per heavy atom. The zero-order valence-corrected chi connectivity index (χ0v) is 17.0. The lowest BCUT2D eigenvalue weighted by atomic mass is 9.99. The number of carbonyl (C=O) groups excluding carboxylic acids is 1. The van der Waals surface area contributed by atoms with Gasteiger partial charge in [0, 0.05) is 24.3 Å². The Kier molecular flexibility index (Phi) is 6.11. The second-order valence-corrected chi connectivity index (χ2v) is 7.51. The molecule has 2 aromatic carbocycles. The molecule has 1 aliphatic rings. The van der Waals surface area contributed by atoms with Gasteiger partial charge in [-0.15, -0.1) is 0 Å². The highest BCUT2D eigenvalue weighted by Gasteiger charge is 2.21. The number of aryl methyl sites for hydroxylation is 2. The number of hydrogen-bond donors (Lipinski definition) is 2. The number of carbonyl (C=O) groups is 1. The summed E-state index contributed by atoms with van der Waals surface area (Å²) in [5, 5.41) is 7.27. The van der Waals surface area contributed by atoms with Crippen LogP contribution >= 0.6 is 12.2 Å². The first-order chi connectivity index (χ1) is 13.0. The third-order valence-electron chi connectivity index (χ3n) is 5.14. The van der Waals surface area contributed by atoms with Crippen LogP contribution in [-0.2, 0) is 4.79 Å². The van der Waals surface area contributed by atoms with E-state index in [2.05, 4.69) is 49.6 Å². The number of thiocarbonyl (C=S) groups is 1. The van der Waals surface area contributed by atoms with Crippen molar-refractivity contribution in [2.75, 3.05) is 16.8 Å². The van der Waals surface area contributed by atoms with Crippen molar-refractivity contribution in [1.82, 2.24) is 5.32 Å². The Balaban J connectivity index is 1.67. The summed E-state index contributed by atoms with van der Waals surface area (Å²) in [6.45, 7) is 7.19. The third kappa shape index (κ3) is 4.66. The zero-order valence-electron chi connectivity index (χ0n) is 16.2. The molecular formula is C22H27N3OS. The van der Waals surface area contributed by atoms with Crippen molar-refractivity contribution in [3.63, 3.8) is 0 Å². The van der Waals surface area contributed by atoms with E-state index < -0.39 is 0 Å². The number of nitrogens with zero attached hydrogens (tertiary/aromatic N) is 1. The monoisotopic (exact) mass is 381 g/mol. The number of rotatable bonds is 5. The van der Waals surface area contributed by atoms with E-state index in [-0.39, 0.29) is 11.9 Å². The quantitative estimate of drug-likeness (QED) is 0.726. The zero-order chi connectivity index (χ0) is 19.4. The Morgan fingerprint density at radius 3 is 2.67 bits per heavy atom. The molecular weight excluding hydrogens is 354 g/mol. The summed E-state index contributed by atoms with van der Waals surface area (Å²) in [6, 6.07) is 14.6. The van der Waals surface area contributed by atoms with Crippen LogP contribution in [0.1, 0.15) is 48.9 Å². The molecule has 0 aliphatic carbocycles. The summed E-state index contributed by atoms with van der Waals surface area (Å²) >= 11 is 5.54. The Labute approximate surface area is 167 Å². The van der Waals surface area contributed by atoms with Crippen molar-refractivity contribution in [2.24, 2.45) is 0 Å². The third-order valence-corrected chi connectivity index (χ3v) is 5.36. The maximum Gasteiger partial charge on any atom is 0.227 e. The van der Waals surface area contributed by atoms with Gasteiger partial charge >= 0.3 is 0 Å². The second kappa shape index (κ2) is 8.53. The molecule has 0 spiro atoms. The van der Waals surface area contributed by atoms with E-state index in [1.165, 1.54) is 16.7 Å². The summed E-state index contributed by atoms with van der Waals surface area (Å²) in [6.07, 6.45) is 2.49. The van der Waals surface area contributed by atoms with Gasteiger partial charge in [0.2, 0.25) is 5.91 Å². The molecule has 1 heterocycles. The molecule has 142 valence electrons. The first-order valence-electron chi connectivity index (χ1n) is 9.53. The summed E-state index contributed by atoms with van der Waals surface area (Å²) in [7, 11) is 0. The molecule has 0 saturated carbocycles. The van der Waals surface area contributed by atoms with Crippen molar-refractivity contribution >= 4 is 34.6 Å². The number of anilines is 2. The molecule has 5 heteroatoms. The molecule has 1 atom stereocenters. The smallest absolute Gasteiger partial charge is 0.227 e. The highest BCUT2D eigenvalue weighted by Crippen LogP contribution is 2.25. The molecule has 1 fully saturated rings. The Bertz CT molecular complexity index is 849. The van der Waals surface area contributed by atoms with Crippen LogP contribution < -0.4 is 15.5 Å². The maximum absolute atomic E-state index is 12.0. The number of amides is 1. The van der Waals surface area contributed by atoms with Crippen molar-refractivity contribution in [2.45, 2.75) is 46.1 Å². The predicted octanol–water partition coefficient (Wildman–Crippen LogP) is 4.87. The highest BCUT2D eigenvalue weighted by molar-refractivity contribution is 7.80. The van der Waals surface area contributed by atoms with Gasteiger partial charge in [-0.05, 0) is 73.8 Å². The summed E-state index contributed by atoms with van der Waals surface area (Å²) in [4.78, 5) is 13.8. The minimum atomic E-state index is 0.160. The van der Waals surface area contributed by atoms with Crippen LogP contribution in [0.15, 0.2) is 42.5 Å². The van der Waals surface area contributed by atoms with Gasteiger partial charge in [0.1, 0.15) is 0 Å². The maximum atomic E-state index is 12.0. The molecule has 0 radical (unpaired) electrons. The van der Waals surface area contributed by atoms with Crippen LogP contribution in [0.25, 0.3) is 0 Å². The largest absolute Gasteiger partial charge is 0.356 e. The molecule has 27 heavy (non-hydrogen) atoms. The fourth-order valence-electron chi connectivity index (χ4n) is 3.40. The summed E-state index contributed by atoms with van der Waals surface area (Å²) in [5.74, 6) is 0.189. The van der Waals surface area contributed by atoms with E-state index in [1.54, 1.807) is 0 Å². The molecule has 1 amide bonds. The van der Waals surface area contributed by atoms with Crippen molar-refractivity contribution in [1.29, 1.82) is 0 Å². The molecule has 2 N–H and O–H groups in total. The van der Waals surface area contributed by atoms with Crippen LogP contribution in [-0.4, -0.2) is 17.6 Å². The lowest BCUT2D eigenvalue weighted by molar-refractivity contribution is -0.117. The Hall–Kier alpha value is -2.40. The van der Waals surface area contributed by atoms with E-state index in [1.807, 2.05) is 29.2 Å². The Morgan fingerprint density at radius 2 is 2.00 bits per heavy atom. The van der Waals surface area contributed by atoms with Gasteiger partial charge in [0.05, 0.1) is 6.04 Å². The lowest BCUT2D eigenvalue weighted by Gasteiger charge is -2.22. The second-order valence-electron chi connectivity index (χ2n) is 7.10. The van der Waals surface area contributed by atoms with E-state index in [0.717, 1.165) is 30.8 Å². The van der Waals surface area contributed by atoms with Gasteiger partial charge in [0.25, 0.3) is 0 Å². The van der Waals surface area contributed by atoms with Crippen LogP contribution in [0.4, 0.5) is 11.4 Å². The van der Waals surface area contributed by atoms with Crippen molar-refractivity contribution in [3.05, 3.63) is 59.2 Å². The fraction of sp³-hybridized carbons (Fsp3) is 0.364. The van der Waals surface area contributed by atoms with E-state index in [0.29, 0.717) is 11.5 Å². The number of benzene rings is 2. The minimum absolute atomic E-state index is 0.160. The average molecular weight is 382 g/mol. The number of hydrogen-bond acceptors (Lipinski definition) is 2. The SMILES string of the molecule is CC[C@H](NC(=S)Nc1cccc(N2CCCC2=O)c1)c1ccc(C)c(C)c1. The van der Waals surface area contributed by atoms with Gasteiger partial charge in [-0.1, -0.05) is 31.2 Å². The van der Waals surface area contributed by atoms with E-state index >= 15 is 0 Å². The van der Waals surface area contributed by atoms with Crippen molar-refractivity contribution in [3.8, 4) is 0 Å². The first kappa shape index (κ1) is 19.4. The molecule has 2 aromatic rings. The van der Waals surface area contributed by atoms with Crippen LogP contribution in [0.2, 0.25) is 0 Å². The van der Waals surface area contributed by atoms with Gasteiger partial charge in [-0.3, -0.25) is 4.79 Å². The minimum Gasteiger partial charge on any atom is -0.356 e. The van der Waals surface area contributed by atoms with E-state index in [4.69, 9.17) is 12.2 Å². The van der Waals surface area contributed by atoms with Crippen LogP contribution in [0.5, 0.6) is 0 Å². The molecule has 3 rings (SSSR count). The highest BCUT2D eigenvalue weighted by atomic mass is 32.1. The molecule has 1 saturated heterocycles. The van der Waals surface area contributed by atoms with E-state index in [9.17, 15) is 4.79 Å². The molecule has 4 nitrogen and oxygen atoms in total. The molecule has 0 aromatic heterocycles. The number of nitrogens with one attached hydrogen (secondary N) is 2. The topological polar surface area (TPSA) is 44.4 Å². The van der Waals surface area contributed by atoms with Crippen LogP contribution in [0, 0.1) is 13.8 Å². The molecule has 1 aliphatic heterocycles. The lowest BCUT2D eigenvalue weighted by Crippen LogP contribution is -2.32. The van der Waals surface area contributed by atoms with Gasteiger partial charge < -0.3 is 15.5 Å². The molecule has 0 bridgehead atoms. The summed E-state index contributed by atoms with van der Waals surface area (Å²) in [5.41, 5.74) is 5.63. The molecule has 0 unspecified atom stereocenters. The van der Waals surface area contributed by atoms with Crippen LogP contribution in [0.3, 0.4) is 0 Å². The van der Waals surface area contributed by atoms with Gasteiger partial charge in [0.15, 0.2) is 5.11 Å². The normalized spacial score (nSPS) is 14.9. The fourth-order valence-corrected chi connectivity index (χ4v) is 3.66. The van der Waals surface area contributed by atoms with Crippen molar-refractivity contribution < 1.29 is 4.79 Å². The predicted molar refractivity (Wildman–Crippen MR) is 116 cm³/mol. The van der Waals surface area contributed by atoms with Gasteiger partial charge in [-0.2, -0.15) is 0 Å².